The van der Waals surface area contributed by atoms with Crippen LogP contribution in [0.1, 0.15) is 57.8 Å². The first-order valence-corrected chi connectivity index (χ1v) is 13.7. The number of benzene rings is 1. The Morgan fingerprint density at radius 3 is 2.15 bits per heavy atom. The highest BCUT2D eigenvalue weighted by atomic mass is 19.4. The van der Waals surface area contributed by atoms with Crippen molar-refractivity contribution in [3.63, 3.8) is 0 Å². The van der Waals surface area contributed by atoms with E-state index in [1.165, 1.54) is 18.2 Å². The highest BCUT2D eigenvalue weighted by Gasteiger charge is 2.31. The molecule has 1 unspecified atom stereocenters. The first-order chi connectivity index (χ1) is 19.6. The zero-order chi connectivity index (χ0) is 29.8. The van der Waals surface area contributed by atoms with Gasteiger partial charge in [0.2, 0.25) is 0 Å². The number of carbonyl (C=O) groups excluding carboxylic acids is 1. The fourth-order valence-electron chi connectivity index (χ4n) is 4.35. The normalized spacial score (nSPS) is 12.4. The third kappa shape index (κ3) is 10.4. The maximum absolute atomic E-state index is 12.5. The number of esters is 1. The van der Waals surface area contributed by atoms with Gasteiger partial charge in [0.15, 0.2) is 0 Å². The van der Waals surface area contributed by atoms with E-state index >= 15 is 0 Å². The molecule has 0 spiro atoms. The number of carbonyl (C=O) groups is 1. The van der Waals surface area contributed by atoms with Crippen molar-refractivity contribution in [3.05, 3.63) is 63.4 Å². The fraction of sp³-hybridized carbons (Fsp3) is 0.483. The molecule has 2 aromatic heterocycles. The topological polar surface area (TPSA) is 140 Å². The molecule has 0 aliphatic rings. The molecule has 0 bridgehead atoms. The molecule has 0 saturated carbocycles. The summed E-state index contributed by atoms with van der Waals surface area (Å²) in [4.78, 5) is 36.4. The molecule has 0 radical (unpaired) electrons. The highest BCUT2D eigenvalue weighted by molar-refractivity contribution is 5.81. The number of nitrogens with two attached hydrogens (primary N) is 2. The largest absolute Gasteiger partial charge is 0.573 e. The summed E-state index contributed by atoms with van der Waals surface area (Å²) in [6.07, 6.45) is 5.79. The maximum Gasteiger partial charge on any atom is 0.573 e. The molecule has 12 heteroatoms. The molecular weight excluding hydrogens is 543 g/mol. The van der Waals surface area contributed by atoms with Crippen molar-refractivity contribution in [2.24, 2.45) is 11.5 Å². The molecule has 1 atom stereocenters. The molecule has 9 nitrogen and oxygen atoms in total. The van der Waals surface area contributed by atoms with Gasteiger partial charge in [-0.1, -0.05) is 57.1 Å². The van der Waals surface area contributed by atoms with Gasteiger partial charge in [0.25, 0.3) is 5.56 Å². The van der Waals surface area contributed by atoms with Gasteiger partial charge in [-0.25, -0.2) is 4.79 Å². The Morgan fingerprint density at radius 2 is 1.54 bits per heavy atom. The van der Waals surface area contributed by atoms with Crippen LogP contribution in [-0.4, -0.2) is 36.1 Å². The standard InChI is InChI=1S/C29H36F3N3O6/c30-29(31,32)41-22-12-10-20(11-13-22)23-16-21-19-35(26(36)17-25(21)40-27(23)37)14-8-6-4-2-1-3-5-7-9-15-39-28(38)24(34)18-33/h10-13,16-17,19,24H,1-9,14-15,18,33-34H2. The second-order valence-corrected chi connectivity index (χ2v) is 9.84. The highest BCUT2D eigenvalue weighted by Crippen LogP contribution is 2.26. The Morgan fingerprint density at radius 1 is 0.927 bits per heavy atom. The molecule has 41 heavy (non-hydrogen) atoms. The third-order valence-electron chi connectivity index (χ3n) is 6.58. The lowest BCUT2D eigenvalue weighted by Crippen LogP contribution is -2.39. The molecule has 0 aliphatic carbocycles. The van der Waals surface area contributed by atoms with Crippen LogP contribution in [0.2, 0.25) is 0 Å². The van der Waals surface area contributed by atoms with Crippen molar-refractivity contribution in [2.45, 2.75) is 76.7 Å². The maximum atomic E-state index is 12.5. The van der Waals surface area contributed by atoms with Gasteiger partial charge in [-0.3, -0.25) is 9.59 Å². The number of ether oxygens (including phenoxy) is 2. The third-order valence-corrected chi connectivity index (χ3v) is 6.58. The number of aryl methyl sites for hydroxylation is 1. The van der Waals surface area contributed by atoms with Gasteiger partial charge in [0.05, 0.1) is 12.2 Å². The molecule has 0 aliphatic heterocycles. The van der Waals surface area contributed by atoms with Crippen LogP contribution in [0, 0.1) is 0 Å². The van der Waals surface area contributed by atoms with E-state index in [2.05, 4.69) is 4.74 Å². The number of hydrogen-bond acceptors (Lipinski definition) is 8. The number of fused-ring (bicyclic) bond motifs is 1. The summed E-state index contributed by atoms with van der Waals surface area (Å²) in [5.74, 6) is -0.855. The minimum atomic E-state index is -4.81. The number of alkyl halides is 3. The fourth-order valence-corrected chi connectivity index (χ4v) is 4.35. The first kappa shape index (κ1) is 31.9. The van der Waals surface area contributed by atoms with Crippen LogP contribution in [0.25, 0.3) is 22.1 Å². The lowest BCUT2D eigenvalue weighted by atomic mass is 10.1. The van der Waals surface area contributed by atoms with Crippen molar-refractivity contribution in [3.8, 4) is 16.9 Å². The molecule has 4 N–H and O–H groups in total. The average Bonchev–Trinajstić information content (AvgIpc) is 2.92. The molecule has 0 saturated heterocycles. The molecule has 0 amide bonds. The quantitative estimate of drug-likeness (QED) is 0.181. The molecular formula is C29H36F3N3O6. The number of pyridine rings is 1. The van der Waals surface area contributed by atoms with Crippen LogP contribution >= 0.6 is 0 Å². The lowest BCUT2D eigenvalue weighted by molar-refractivity contribution is -0.274. The molecule has 3 rings (SSSR count). The van der Waals surface area contributed by atoms with Gasteiger partial charge in [-0.2, -0.15) is 0 Å². The van der Waals surface area contributed by atoms with Gasteiger partial charge in [-0.15, -0.1) is 13.2 Å². The van der Waals surface area contributed by atoms with Gasteiger partial charge in [0.1, 0.15) is 17.4 Å². The summed E-state index contributed by atoms with van der Waals surface area (Å²) in [7, 11) is 0. The Labute approximate surface area is 235 Å². The van der Waals surface area contributed by atoms with Crippen molar-refractivity contribution in [1.29, 1.82) is 0 Å². The monoisotopic (exact) mass is 579 g/mol. The molecule has 224 valence electrons. The molecule has 3 aromatic rings. The van der Waals surface area contributed by atoms with Crippen molar-refractivity contribution in [2.75, 3.05) is 13.2 Å². The Bertz CT molecular complexity index is 1390. The molecule has 1 aromatic carbocycles. The Hall–Kier alpha value is -3.64. The Kier molecular flexibility index (Phi) is 12.0. The Balaban J connectivity index is 1.42. The van der Waals surface area contributed by atoms with Crippen molar-refractivity contribution < 1.29 is 31.9 Å². The number of aromatic nitrogens is 1. The van der Waals surface area contributed by atoms with Gasteiger partial charge in [0, 0.05) is 30.7 Å². The van der Waals surface area contributed by atoms with Crippen molar-refractivity contribution in [1.82, 2.24) is 4.57 Å². The van der Waals surface area contributed by atoms with E-state index in [1.54, 1.807) is 16.8 Å². The molecule has 2 heterocycles. The van der Waals surface area contributed by atoms with E-state index in [0.717, 1.165) is 69.9 Å². The summed E-state index contributed by atoms with van der Waals surface area (Å²) in [5, 5.41) is 0.534. The van der Waals surface area contributed by atoms with E-state index in [0.29, 0.717) is 24.1 Å². The minimum Gasteiger partial charge on any atom is -0.464 e. The van der Waals surface area contributed by atoms with E-state index in [1.807, 2.05) is 0 Å². The average molecular weight is 580 g/mol. The second-order valence-electron chi connectivity index (χ2n) is 9.84. The number of nitrogens with zero attached hydrogens (tertiary/aromatic N) is 1. The summed E-state index contributed by atoms with van der Waals surface area (Å²) in [5.41, 5.74) is 10.5. The second kappa shape index (κ2) is 15.4. The zero-order valence-corrected chi connectivity index (χ0v) is 22.8. The lowest BCUT2D eigenvalue weighted by Gasteiger charge is -2.10. The summed E-state index contributed by atoms with van der Waals surface area (Å²) >= 11 is 0. The minimum absolute atomic E-state index is 0.0751. The van der Waals surface area contributed by atoms with E-state index in [4.69, 9.17) is 20.6 Å². The van der Waals surface area contributed by atoms with Crippen LogP contribution in [0.5, 0.6) is 5.75 Å². The SMILES string of the molecule is NCC(N)C(=O)OCCCCCCCCCCCn1cc2cc(-c3ccc(OC(F)(F)F)cc3)c(=O)oc2cc1=O. The number of halogens is 3. The predicted molar refractivity (Wildman–Crippen MR) is 148 cm³/mol. The summed E-state index contributed by atoms with van der Waals surface area (Å²) in [6, 6.07) is 7.00. The summed E-state index contributed by atoms with van der Waals surface area (Å²) in [6.45, 7) is 0.951. The number of rotatable bonds is 16. The van der Waals surface area contributed by atoms with E-state index in [9.17, 15) is 27.6 Å². The smallest absolute Gasteiger partial charge is 0.464 e. The summed E-state index contributed by atoms with van der Waals surface area (Å²) < 4.78 is 53.1. The van der Waals surface area contributed by atoms with Crippen LogP contribution in [0.15, 0.2) is 56.6 Å². The first-order valence-electron chi connectivity index (χ1n) is 13.7. The van der Waals surface area contributed by atoms with E-state index < -0.39 is 29.7 Å². The van der Waals surface area contributed by atoms with Gasteiger partial charge < -0.3 is 29.9 Å². The van der Waals surface area contributed by atoms with Crippen LogP contribution in [-0.2, 0) is 16.1 Å². The van der Waals surface area contributed by atoms with Crippen molar-refractivity contribution >= 4 is 16.9 Å². The van der Waals surface area contributed by atoms with Crippen LogP contribution in [0.3, 0.4) is 0 Å². The molecule has 0 fully saturated rings. The van der Waals surface area contributed by atoms with Crippen LogP contribution < -0.4 is 27.4 Å². The van der Waals surface area contributed by atoms with Gasteiger partial charge in [-0.05, 0) is 36.6 Å². The zero-order valence-electron chi connectivity index (χ0n) is 22.8. The number of unbranched alkanes of at least 4 members (excludes halogenated alkanes) is 8. The van der Waals surface area contributed by atoms with Gasteiger partial charge >= 0.3 is 18.0 Å². The van der Waals surface area contributed by atoms with E-state index in [-0.39, 0.29) is 23.3 Å². The van der Waals surface area contributed by atoms with Crippen LogP contribution in [0.4, 0.5) is 13.2 Å². The number of hydrogen-bond donors (Lipinski definition) is 2. The predicted octanol–water partition coefficient (Wildman–Crippen LogP) is 4.86.